The molecule has 3 atom stereocenters. The summed E-state index contributed by atoms with van der Waals surface area (Å²) in [6.45, 7) is 1.88. The predicted octanol–water partition coefficient (Wildman–Crippen LogP) is 0.0707. The van der Waals surface area contributed by atoms with Gasteiger partial charge in [-0.1, -0.05) is 0 Å². The maximum Gasteiger partial charge on any atom is 0.534 e. The second-order valence-electron chi connectivity index (χ2n) is 4.45. The van der Waals surface area contributed by atoms with Gasteiger partial charge in [0, 0.05) is 6.42 Å². The minimum Gasteiger partial charge on any atom is -0.466 e. The zero-order valence-electron chi connectivity index (χ0n) is 11.3. The van der Waals surface area contributed by atoms with E-state index in [0.29, 0.717) is 0 Å². The highest BCUT2D eigenvalue weighted by molar-refractivity contribution is 7.87. The van der Waals surface area contributed by atoms with Crippen molar-refractivity contribution in [3.63, 3.8) is 0 Å². The lowest BCUT2D eigenvalue weighted by Crippen LogP contribution is -2.25. The van der Waals surface area contributed by atoms with Gasteiger partial charge in [-0.05, 0) is 24.8 Å². The Bertz CT molecular complexity index is 545. The van der Waals surface area contributed by atoms with Crippen LogP contribution < -0.4 is 0 Å². The fourth-order valence-electron chi connectivity index (χ4n) is 2.23. The molecule has 2 aliphatic rings. The Kier molecular flexibility index (Phi) is 5.87. The zero-order valence-corrected chi connectivity index (χ0v) is 12.1. The van der Waals surface area contributed by atoms with Crippen LogP contribution in [0.4, 0.5) is 13.2 Å². The van der Waals surface area contributed by atoms with Gasteiger partial charge in [0.15, 0.2) is 0 Å². The van der Waals surface area contributed by atoms with E-state index in [1.807, 2.05) is 0 Å². The molecule has 1 radical (unpaired) electrons. The van der Waals surface area contributed by atoms with Crippen LogP contribution in [-0.4, -0.2) is 44.2 Å². The average Bonchev–Trinajstić information content (AvgIpc) is 2.86. The molecule has 2 rings (SSSR count). The highest BCUT2D eigenvalue weighted by Crippen LogP contribution is 2.57. The third-order valence-electron chi connectivity index (χ3n) is 3.10. The van der Waals surface area contributed by atoms with Crippen LogP contribution in [0, 0.1) is 17.8 Å². The lowest BCUT2D eigenvalue weighted by molar-refractivity contribution is -0.145. The van der Waals surface area contributed by atoms with E-state index in [1.165, 1.54) is 6.08 Å². The Labute approximate surface area is 125 Å². The number of alkyl halides is 3. The SMILES string of the molecule is CCOC(=O)[C@H]1[C@@H]2C=C(OS(=O)(=O)C(F)(F)F)C[C@@H]21.O[B]O. The van der Waals surface area contributed by atoms with E-state index in [-0.39, 0.29) is 44.2 Å². The van der Waals surface area contributed by atoms with Gasteiger partial charge in [0.1, 0.15) is 5.76 Å². The Morgan fingerprint density at radius 2 is 2.00 bits per heavy atom. The number of allylic oxidation sites excluding steroid dienone is 2. The highest BCUT2D eigenvalue weighted by Gasteiger charge is 2.59. The van der Waals surface area contributed by atoms with E-state index >= 15 is 0 Å². The molecule has 0 spiro atoms. The first-order valence-corrected chi connectivity index (χ1v) is 7.48. The van der Waals surface area contributed by atoms with Crippen molar-refractivity contribution in [2.45, 2.75) is 18.9 Å². The Hall–Kier alpha value is -1.27. The van der Waals surface area contributed by atoms with Crippen molar-refractivity contribution in [2.75, 3.05) is 6.61 Å². The molecule has 2 N–H and O–H groups in total. The molecule has 22 heavy (non-hydrogen) atoms. The molecule has 0 amide bonds. The number of esters is 1. The average molecular weight is 345 g/mol. The van der Waals surface area contributed by atoms with E-state index < -0.39 is 21.6 Å². The summed E-state index contributed by atoms with van der Waals surface area (Å²) in [4.78, 5) is 11.4. The largest absolute Gasteiger partial charge is 0.534 e. The van der Waals surface area contributed by atoms with Gasteiger partial charge in [0.05, 0.1) is 12.5 Å². The second-order valence-corrected chi connectivity index (χ2v) is 5.99. The molecule has 0 aliphatic heterocycles. The van der Waals surface area contributed by atoms with Crippen LogP contribution in [0.5, 0.6) is 0 Å². The molecule has 1 fully saturated rings. The first kappa shape index (κ1) is 18.8. The fraction of sp³-hybridized carbons (Fsp3) is 0.700. The van der Waals surface area contributed by atoms with Gasteiger partial charge in [0.25, 0.3) is 0 Å². The summed E-state index contributed by atoms with van der Waals surface area (Å²) >= 11 is 0. The first-order chi connectivity index (χ1) is 10.1. The molecule has 1 saturated carbocycles. The van der Waals surface area contributed by atoms with Crippen LogP contribution in [0.1, 0.15) is 13.3 Å². The quantitative estimate of drug-likeness (QED) is 0.321. The molecule has 0 aromatic carbocycles. The van der Waals surface area contributed by atoms with E-state index in [2.05, 4.69) is 4.18 Å². The third kappa shape index (κ3) is 4.14. The summed E-state index contributed by atoms with van der Waals surface area (Å²) in [5.41, 5.74) is -5.44. The Morgan fingerprint density at radius 3 is 2.36 bits per heavy atom. The molecule has 7 nitrogen and oxygen atoms in total. The smallest absolute Gasteiger partial charge is 0.466 e. The van der Waals surface area contributed by atoms with Crippen molar-refractivity contribution in [3.05, 3.63) is 11.8 Å². The molecule has 125 valence electrons. The highest BCUT2D eigenvalue weighted by atomic mass is 32.2. The van der Waals surface area contributed by atoms with Crippen molar-refractivity contribution in [3.8, 4) is 0 Å². The van der Waals surface area contributed by atoms with Crippen LogP contribution in [-0.2, 0) is 23.8 Å². The van der Waals surface area contributed by atoms with Crippen LogP contribution in [0.3, 0.4) is 0 Å². The minimum absolute atomic E-state index is 0. The van der Waals surface area contributed by atoms with E-state index in [9.17, 15) is 26.4 Å². The zero-order chi connectivity index (χ0) is 17.1. The van der Waals surface area contributed by atoms with Gasteiger partial charge in [-0.15, -0.1) is 0 Å². The number of fused-ring (bicyclic) bond motifs is 1. The van der Waals surface area contributed by atoms with Crippen molar-refractivity contribution in [1.29, 1.82) is 0 Å². The normalized spacial score (nSPS) is 26.1. The van der Waals surface area contributed by atoms with Crippen LogP contribution >= 0.6 is 0 Å². The van der Waals surface area contributed by atoms with Gasteiger partial charge in [-0.3, -0.25) is 4.79 Å². The number of hydrogen-bond acceptors (Lipinski definition) is 7. The van der Waals surface area contributed by atoms with Crippen molar-refractivity contribution in [2.24, 2.45) is 17.8 Å². The van der Waals surface area contributed by atoms with Crippen LogP contribution in [0.25, 0.3) is 0 Å². The molecule has 0 unspecified atom stereocenters. The first-order valence-electron chi connectivity index (χ1n) is 6.07. The van der Waals surface area contributed by atoms with Crippen LogP contribution in [0.15, 0.2) is 11.8 Å². The van der Waals surface area contributed by atoms with E-state index in [4.69, 9.17) is 14.8 Å². The number of hydrogen-bond donors (Lipinski definition) is 2. The van der Waals surface area contributed by atoms with Crippen LogP contribution in [0.2, 0.25) is 0 Å². The molecule has 12 heteroatoms. The summed E-state index contributed by atoms with van der Waals surface area (Å²) in [6.07, 6.45) is 1.26. The van der Waals surface area contributed by atoms with Crippen molar-refractivity contribution in [1.82, 2.24) is 0 Å². The lowest BCUT2D eigenvalue weighted by Gasteiger charge is -2.11. The molecule has 0 aromatic rings. The molecule has 0 aromatic heterocycles. The molecule has 0 heterocycles. The van der Waals surface area contributed by atoms with E-state index in [0.717, 1.165) is 0 Å². The summed E-state index contributed by atoms with van der Waals surface area (Å²) in [5.74, 6) is -1.55. The second kappa shape index (κ2) is 6.88. The number of carbonyl (C=O) groups excluding carboxylic acids is 1. The van der Waals surface area contributed by atoms with Gasteiger partial charge in [-0.2, -0.15) is 21.6 Å². The Balaban J connectivity index is 0.000000745. The fourth-order valence-corrected chi connectivity index (χ4v) is 2.73. The topological polar surface area (TPSA) is 110 Å². The van der Waals surface area contributed by atoms with Crippen molar-refractivity contribution >= 4 is 23.8 Å². The summed E-state index contributed by atoms with van der Waals surface area (Å²) in [7, 11) is -5.62. The molecular formula is C10H13BF3O7S. The van der Waals surface area contributed by atoms with E-state index in [1.54, 1.807) is 6.92 Å². The molecule has 0 bridgehead atoms. The van der Waals surface area contributed by atoms with Gasteiger partial charge >= 0.3 is 29.3 Å². The summed E-state index contributed by atoms with van der Waals surface area (Å²) in [6, 6.07) is 0. The molecule has 0 saturated heterocycles. The standard InChI is InChI=1S/C10H11F3O5S.BH2O2/c1-2-17-9(14)8-6-3-5(4-7(6)8)18-19(15,16)10(11,12)13;2-1-3/h3,6-8H,2,4H2,1H3;2-3H/t6-,7+,8+;/m1./s1. The maximum absolute atomic E-state index is 12.1. The van der Waals surface area contributed by atoms with Gasteiger partial charge in [-0.25, -0.2) is 0 Å². The van der Waals surface area contributed by atoms with Crippen molar-refractivity contribution < 1.29 is 45.4 Å². The minimum atomic E-state index is -5.62. The number of halogens is 3. The lowest BCUT2D eigenvalue weighted by atomic mass is 10.2. The number of rotatable bonds is 4. The Morgan fingerprint density at radius 1 is 1.45 bits per heavy atom. The van der Waals surface area contributed by atoms with Gasteiger partial charge < -0.3 is 19.0 Å². The number of carbonyl (C=O) groups is 1. The molecule has 2 aliphatic carbocycles. The van der Waals surface area contributed by atoms with Gasteiger partial charge in [0.2, 0.25) is 0 Å². The predicted molar refractivity (Wildman–Crippen MR) is 66.1 cm³/mol. The summed E-state index contributed by atoms with van der Waals surface area (Å²) in [5, 5.41) is 14.0. The molecular weight excluding hydrogens is 332 g/mol. The summed E-state index contributed by atoms with van der Waals surface area (Å²) < 4.78 is 66.6. The number of ether oxygens (including phenoxy) is 1. The maximum atomic E-state index is 12.1. The third-order valence-corrected chi connectivity index (χ3v) is 4.10. The monoisotopic (exact) mass is 345 g/mol.